The molecule has 7 heteroatoms. The van der Waals surface area contributed by atoms with Crippen LogP contribution in [-0.4, -0.2) is 38.3 Å². The Labute approximate surface area is 138 Å². The van der Waals surface area contributed by atoms with E-state index in [0.29, 0.717) is 31.7 Å². The highest BCUT2D eigenvalue weighted by atomic mass is 19.4. The highest BCUT2D eigenvalue weighted by Gasteiger charge is 2.45. The molecule has 0 radical (unpaired) electrons. The molecule has 1 heterocycles. The van der Waals surface area contributed by atoms with E-state index in [1.807, 2.05) is 0 Å². The number of carbonyl (C=O) groups excluding carboxylic acids is 1. The Hall–Kier alpha value is -1.60. The third-order valence-corrected chi connectivity index (χ3v) is 4.71. The molecule has 132 valence electrons. The summed E-state index contributed by atoms with van der Waals surface area (Å²) in [6.07, 6.45) is -2.45. The van der Waals surface area contributed by atoms with E-state index in [1.165, 1.54) is 12.1 Å². The number of carbonyl (C=O) groups is 1. The van der Waals surface area contributed by atoms with Crippen LogP contribution < -0.4 is 10.6 Å². The second-order valence-corrected chi connectivity index (χ2v) is 6.57. The first-order chi connectivity index (χ1) is 11.4. The molecule has 1 unspecified atom stereocenters. The van der Waals surface area contributed by atoms with Crippen LogP contribution in [0.4, 0.5) is 13.2 Å². The van der Waals surface area contributed by atoms with Crippen LogP contribution in [0.1, 0.15) is 30.4 Å². The zero-order valence-electron chi connectivity index (χ0n) is 13.3. The number of hydrogen-bond acceptors (Lipinski definition) is 3. The Kier molecular flexibility index (Phi) is 4.83. The van der Waals surface area contributed by atoms with Crippen LogP contribution in [0.15, 0.2) is 24.3 Å². The molecule has 0 spiro atoms. The van der Waals surface area contributed by atoms with Gasteiger partial charge >= 0.3 is 6.18 Å². The van der Waals surface area contributed by atoms with Crippen molar-refractivity contribution in [2.75, 3.05) is 26.3 Å². The fourth-order valence-corrected chi connectivity index (χ4v) is 3.06. The van der Waals surface area contributed by atoms with Crippen molar-refractivity contribution < 1.29 is 22.7 Å². The highest BCUT2D eigenvalue weighted by molar-refractivity contribution is 5.76. The lowest BCUT2D eigenvalue weighted by molar-refractivity contribution is -0.137. The topological polar surface area (TPSA) is 50.4 Å². The van der Waals surface area contributed by atoms with Crippen LogP contribution in [0, 0.1) is 0 Å². The van der Waals surface area contributed by atoms with Gasteiger partial charge in [-0.1, -0.05) is 18.2 Å². The van der Waals surface area contributed by atoms with Crippen LogP contribution in [0.5, 0.6) is 0 Å². The molecule has 4 nitrogen and oxygen atoms in total. The molecule has 1 aliphatic heterocycles. The molecule has 1 aliphatic carbocycles. The van der Waals surface area contributed by atoms with Crippen molar-refractivity contribution in [3.63, 3.8) is 0 Å². The molecule has 1 saturated carbocycles. The van der Waals surface area contributed by atoms with Crippen LogP contribution >= 0.6 is 0 Å². The molecule has 1 atom stereocenters. The number of alkyl halides is 3. The van der Waals surface area contributed by atoms with Crippen molar-refractivity contribution in [3.05, 3.63) is 35.4 Å². The smallest absolute Gasteiger partial charge is 0.378 e. The summed E-state index contributed by atoms with van der Waals surface area (Å²) in [6, 6.07) is 5.43. The van der Waals surface area contributed by atoms with Crippen LogP contribution in [-0.2, 0) is 21.1 Å². The van der Waals surface area contributed by atoms with Gasteiger partial charge in [-0.15, -0.1) is 0 Å². The van der Waals surface area contributed by atoms with E-state index in [9.17, 15) is 18.0 Å². The van der Waals surface area contributed by atoms with Crippen molar-refractivity contribution in [1.82, 2.24) is 10.6 Å². The number of halogens is 3. The average Bonchev–Trinajstić information content (AvgIpc) is 3.35. The molecule has 0 aromatic heterocycles. The summed E-state index contributed by atoms with van der Waals surface area (Å²) in [6.45, 7) is 2.26. The number of morpholine rings is 1. The molecule has 3 rings (SSSR count). The van der Waals surface area contributed by atoms with E-state index in [1.54, 1.807) is 6.07 Å². The lowest BCUT2D eigenvalue weighted by atomic mass is 9.94. The van der Waals surface area contributed by atoms with Gasteiger partial charge in [0.2, 0.25) is 5.91 Å². The number of ether oxygens (including phenoxy) is 1. The van der Waals surface area contributed by atoms with Gasteiger partial charge in [-0.3, -0.25) is 4.79 Å². The maximum atomic E-state index is 12.9. The quantitative estimate of drug-likeness (QED) is 0.863. The zero-order chi connectivity index (χ0) is 17.2. The second-order valence-electron chi connectivity index (χ2n) is 6.57. The van der Waals surface area contributed by atoms with Gasteiger partial charge < -0.3 is 15.4 Å². The normalized spacial score (nSPS) is 22.9. The van der Waals surface area contributed by atoms with Gasteiger partial charge in [0.1, 0.15) is 0 Å². The summed E-state index contributed by atoms with van der Waals surface area (Å²) in [4.78, 5) is 12.1. The zero-order valence-corrected chi connectivity index (χ0v) is 13.3. The average molecular weight is 342 g/mol. The molecular formula is C17H21F3N2O2. The minimum absolute atomic E-state index is 0.00228. The fraction of sp³-hybridized carbons (Fsp3) is 0.588. The van der Waals surface area contributed by atoms with Crippen molar-refractivity contribution in [2.45, 2.75) is 36.9 Å². The maximum absolute atomic E-state index is 12.9. The van der Waals surface area contributed by atoms with Crippen molar-refractivity contribution in [3.8, 4) is 0 Å². The standard InChI is InChI=1S/C17H21F3N2O2/c18-17(19,20)13-3-1-2-12(8-13)16(4-5-16)11-22-15(23)9-14-10-24-7-6-21-14/h1-3,8,14,21H,4-7,9-11H2,(H,22,23). The van der Waals surface area contributed by atoms with Gasteiger partial charge in [-0.2, -0.15) is 13.2 Å². The van der Waals surface area contributed by atoms with Gasteiger partial charge in [0, 0.05) is 31.0 Å². The van der Waals surface area contributed by atoms with Gasteiger partial charge in [0.15, 0.2) is 0 Å². The lowest BCUT2D eigenvalue weighted by Gasteiger charge is -2.24. The summed E-state index contributed by atoms with van der Waals surface area (Å²) in [5, 5.41) is 6.08. The predicted molar refractivity (Wildman–Crippen MR) is 82.6 cm³/mol. The number of rotatable bonds is 5. The third kappa shape index (κ3) is 4.08. The van der Waals surface area contributed by atoms with E-state index in [-0.39, 0.29) is 17.4 Å². The Bertz CT molecular complexity index is 594. The van der Waals surface area contributed by atoms with E-state index >= 15 is 0 Å². The van der Waals surface area contributed by atoms with Gasteiger partial charge in [-0.05, 0) is 24.5 Å². The molecule has 1 aromatic carbocycles. The summed E-state index contributed by atoms with van der Waals surface area (Å²) < 4.78 is 43.9. The van der Waals surface area contributed by atoms with E-state index < -0.39 is 11.7 Å². The van der Waals surface area contributed by atoms with Crippen LogP contribution in [0.25, 0.3) is 0 Å². The molecule has 24 heavy (non-hydrogen) atoms. The first kappa shape index (κ1) is 17.2. The Balaban J connectivity index is 1.57. The van der Waals surface area contributed by atoms with Crippen LogP contribution in [0.2, 0.25) is 0 Å². The summed E-state index contributed by atoms with van der Waals surface area (Å²) in [5.41, 5.74) is -0.342. The Morgan fingerprint density at radius 2 is 2.17 bits per heavy atom. The summed E-state index contributed by atoms with van der Waals surface area (Å²) in [7, 11) is 0. The monoisotopic (exact) mass is 342 g/mol. The highest BCUT2D eigenvalue weighted by Crippen LogP contribution is 2.48. The Morgan fingerprint density at radius 3 is 2.79 bits per heavy atom. The largest absolute Gasteiger partial charge is 0.416 e. The minimum Gasteiger partial charge on any atom is -0.378 e. The number of nitrogens with one attached hydrogen (secondary N) is 2. The first-order valence-electron chi connectivity index (χ1n) is 8.15. The van der Waals surface area contributed by atoms with E-state index in [0.717, 1.165) is 25.5 Å². The minimum atomic E-state index is -4.35. The lowest BCUT2D eigenvalue weighted by Crippen LogP contribution is -2.45. The molecule has 2 aliphatic rings. The second kappa shape index (κ2) is 6.72. The molecule has 1 amide bonds. The van der Waals surface area contributed by atoms with Gasteiger partial charge in [0.25, 0.3) is 0 Å². The van der Waals surface area contributed by atoms with Gasteiger partial charge in [0.05, 0.1) is 18.8 Å². The molecule has 0 bridgehead atoms. The molecule has 1 aromatic rings. The number of amides is 1. The number of hydrogen-bond donors (Lipinski definition) is 2. The molecule has 2 N–H and O–H groups in total. The molecule has 1 saturated heterocycles. The first-order valence-corrected chi connectivity index (χ1v) is 8.15. The molecule has 2 fully saturated rings. The van der Waals surface area contributed by atoms with Crippen molar-refractivity contribution in [1.29, 1.82) is 0 Å². The number of benzene rings is 1. The SMILES string of the molecule is O=C(CC1COCCN1)NCC1(c2cccc(C(F)(F)F)c2)CC1. The van der Waals surface area contributed by atoms with Crippen LogP contribution in [0.3, 0.4) is 0 Å². The Morgan fingerprint density at radius 1 is 1.38 bits per heavy atom. The van der Waals surface area contributed by atoms with Crippen molar-refractivity contribution in [2.24, 2.45) is 0 Å². The molecular weight excluding hydrogens is 321 g/mol. The van der Waals surface area contributed by atoms with E-state index in [2.05, 4.69) is 10.6 Å². The van der Waals surface area contributed by atoms with Crippen molar-refractivity contribution >= 4 is 5.91 Å². The van der Waals surface area contributed by atoms with E-state index in [4.69, 9.17) is 4.74 Å². The fourth-order valence-electron chi connectivity index (χ4n) is 3.06. The van der Waals surface area contributed by atoms with Gasteiger partial charge in [-0.25, -0.2) is 0 Å². The maximum Gasteiger partial charge on any atom is 0.416 e. The third-order valence-electron chi connectivity index (χ3n) is 4.71. The summed E-state index contributed by atoms with van der Waals surface area (Å²) in [5.74, 6) is -0.101. The predicted octanol–water partition coefficient (Wildman–Crippen LogP) is 2.23. The summed E-state index contributed by atoms with van der Waals surface area (Å²) >= 11 is 0.